The molecule has 2 nitrogen and oxygen atoms in total. The predicted molar refractivity (Wildman–Crippen MR) is 67.2 cm³/mol. The Balaban J connectivity index is 2.33. The maximum Gasteiger partial charge on any atom is 0.0195 e. The third kappa shape index (κ3) is 3.76. The van der Waals surface area contributed by atoms with Crippen molar-refractivity contribution in [2.45, 2.75) is 59.0 Å². The molecule has 1 aliphatic rings. The van der Waals surface area contributed by atoms with Gasteiger partial charge in [-0.3, -0.25) is 4.90 Å². The second kappa shape index (κ2) is 6.49. The van der Waals surface area contributed by atoms with Gasteiger partial charge < -0.3 is 5.32 Å². The van der Waals surface area contributed by atoms with E-state index in [4.69, 9.17) is 0 Å². The van der Waals surface area contributed by atoms with Crippen LogP contribution in [0.25, 0.3) is 0 Å². The fourth-order valence-electron chi connectivity index (χ4n) is 2.59. The monoisotopic (exact) mass is 212 g/mol. The zero-order chi connectivity index (χ0) is 11.3. The van der Waals surface area contributed by atoms with Crippen molar-refractivity contribution in [3.05, 3.63) is 0 Å². The Labute approximate surface area is 95.4 Å². The van der Waals surface area contributed by atoms with Crippen LogP contribution in [0, 0.1) is 5.92 Å². The quantitative estimate of drug-likeness (QED) is 0.704. The number of piperidine rings is 1. The molecule has 0 amide bonds. The standard InChI is InChI=1S/C13H28N2/c1-5-8-14-10-12(3)15-9-6-7-11(2)13(15)4/h11-14H,5-10H2,1-4H3. The van der Waals surface area contributed by atoms with Crippen LogP contribution in [0.2, 0.25) is 0 Å². The van der Waals surface area contributed by atoms with Crippen LogP contribution >= 0.6 is 0 Å². The molecule has 15 heavy (non-hydrogen) atoms. The van der Waals surface area contributed by atoms with Crippen LogP contribution < -0.4 is 5.32 Å². The summed E-state index contributed by atoms with van der Waals surface area (Å²) in [6.07, 6.45) is 4.02. The van der Waals surface area contributed by atoms with E-state index in [0.29, 0.717) is 6.04 Å². The van der Waals surface area contributed by atoms with Gasteiger partial charge in [-0.15, -0.1) is 0 Å². The summed E-state index contributed by atoms with van der Waals surface area (Å²) in [5.74, 6) is 0.868. The van der Waals surface area contributed by atoms with E-state index >= 15 is 0 Å². The number of likely N-dealkylation sites (tertiary alicyclic amines) is 1. The van der Waals surface area contributed by atoms with Gasteiger partial charge in [0.05, 0.1) is 0 Å². The van der Waals surface area contributed by atoms with E-state index in [1.165, 1.54) is 25.8 Å². The van der Waals surface area contributed by atoms with Crippen LogP contribution in [0.4, 0.5) is 0 Å². The number of nitrogens with one attached hydrogen (secondary N) is 1. The van der Waals surface area contributed by atoms with Crippen LogP contribution in [0.1, 0.15) is 47.0 Å². The summed E-state index contributed by atoms with van der Waals surface area (Å²) in [6.45, 7) is 13.0. The molecule has 1 fully saturated rings. The minimum absolute atomic E-state index is 0.689. The third-order valence-corrected chi connectivity index (χ3v) is 3.86. The lowest BCUT2D eigenvalue weighted by molar-refractivity contribution is 0.0753. The highest BCUT2D eigenvalue weighted by atomic mass is 15.2. The summed E-state index contributed by atoms with van der Waals surface area (Å²) in [4.78, 5) is 2.68. The van der Waals surface area contributed by atoms with Crippen molar-refractivity contribution in [2.24, 2.45) is 5.92 Å². The van der Waals surface area contributed by atoms with Gasteiger partial charge in [0, 0.05) is 18.6 Å². The van der Waals surface area contributed by atoms with Gasteiger partial charge in [-0.25, -0.2) is 0 Å². The molecule has 1 aliphatic heterocycles. The van der Waals surface area contributed by atoms with E-state index in [0.717, 1.165) is 25.0 Å². The fraction of sp³-hybridized carbons (Fsp3) is 1.00. The van der Waals surface area contributed by atoms with Crippen LogP contribution in [0.5, 0.6) is 0 Å². The first kappa shape index (κ1) is 13.0. The predicted octanol–water partition coefficient (Wildman–Crippen LogP) is 2.49. The molecule has 3 unspecified atom stereocenters. The Kier molecular flexibility index (Phi) is 5.62. The number of rotatable bonds is 5. The van der Waals surface area contributed by atoms with Gasteiger partial charge in [-0.1, -0.05) is 13.8 Å². The third-order valence-electron chi connectivity index (χ3n) is 3.86. The molecule has 0 spiro atoms. The summed E-state index contributed by atoms with van der Waals surface area (Å²) in [5.41, 5.74) is 0. The van der Waals surface area contributed by atoms with E-state index in [2.05, 4.69) is 37.9 Å². The summed E-state index contributed by atoms with van der Waals surface area (Å²) in [7, 11) is 0. The largest absolute Gasteiger partial charge is 0.315 e. The van der Waals surface area contributed by atoms with Crippen LogP contribution in [-0.2, 0) is 0 Å². The topological polar surface area (TPSA) is 15.3 Å². The molecule has 1 heterocycles. The van der Waals surface area contributed by atoms with Crippen molar-refractivity contribution in [3.63, 3.8) is 0 Å². The van der Waals surface area contributed by atoms with Crippen LogP contribution in [-0.4, -0.2) is 36.6 Å². The first-order valence-corrected chi connectivity index (χ1v) is 6.63. The van der Waals surface area contributed by atoms with E-state index in [9.17, 15) is 0 Å². The highest BCUT2D eigenvalue weighted by Gasteiger charge is 2.27. The summed E-state index contributed by atoms with van der Waals surface area (Å²) in [5, 5.41) is 3.53. The van der Waals surface area contributed by atoms with Gasteiger partial charge in [-0.2, -0.15) is 0 Å². The average molecular weight is 212 g/mol. The molecule has 0 aromatic rings. The fourth-order valence-corrected chi connectivity index (χ4v) is 2.59. The normalized spacial score (nSPS) is 30.4. The molecule has 0 aromatic carbocycles. The van der Waals surface area contributed by atoms with Gasteiger partial charge in [0.25, 0.3) is 0 Å². The molecule has 90 valence electrons. The zero-order valence-corrected chi connectivity index (χ0v) is 10.9. The highest BCUT2D eigenvalue weighted by Crippen LogP contribution is 2.24. The lowest BCUT2D eigenvalue weighted by Gasteiger charge is -2.41. The molecular weight excluding hydrogens is 184 g/mol. The number of hydrogen-bond acceptors (Lipinski definition) is 2. The molecule has 0 aromatic heterocycles. The molecule has 1 rings (SSSR count). The van der Waals surface area contributed by atoms with Crippen molar-refractivity contribution in [3.8, 4) is 0 Å². The molecule has 0 saturated carbocycles. The Morgan fingerprint density at radius 1 is 1.40 bits per heavy atom. The second-order valence-electron chi connectivity index (χ2n) is 5.15. The summed E-state index contributed by atoms with van der Waals surface area (Å²) in [6, 6.07) is 1.45. The summed E-state index contributed by atoms with van der Waals surface area (Å²) < 4.78 is 0. The SMILES string of the molecule is CCCNCC(C)N1CCCC(C)C1C. The molecule has 0 radical (unpaired) electrons. The minimum Gasteiger partial charge on any atom is -0.315 e. The number of nitrogens with zero attached hydrogens (tertiary/aromatic N) is 1. The first-order chi connectivity index (χ1) is 7.16. The minimum atomic E-state index is 0.689. The van der Waals surface area contributed by atoms with Gasteiger partial charge in [-0.05, 0) is 52.1 Å². The zero-order valence-electron chi connectivity index (χ0n) is 10.9. The van der Waals surface area contributed by atoms with Crippen molar-refractivity contribution in [2.75, 3.05) is 19.6 Å². The molecule has 1 saturated heterocycles. The van der Waals surface area contributed by atoms with E-state index in [-0.39, 0.29) is 0 Å². The Morgan fingerprint density at radius 2 is 2.13 bits per heavy atom. The van der Waals surface area contributed by atoms with Crippen LogP contribution in [0.3, 0.4) is 0 Å². The van der Waals surface area contributed by atoms with Crippen molar-refractivity contribution < 1.29 is 0 Å². The van der Waals surface area contributed by atoms with Crippen molar-refractivity contribution >= 4 is 0 Å². The van der Waals surface area contributed by atoms with Crippen LogP contribution in [0.15, 0.2) is 0 Å². The Hall–Kier alpha value is -0.0800. The van der Waals surface area contributed by atoms with Crippen molar-refractivity contribution in [1.82, 2.24) is 10.2 Å². The average Bonchev–Trinajstić information content (AvgIpc) is 2.22. The van der Waals surface area contributed by atoms with E-state index < -0.39 is 0 Å². The van der Waals surface area contributed by atoms with Gasteiger partial charge >= 0.3 is 0 Å². The number of hydrogen-bond donors (Lipinski definition) is 1. The molecular formula is C13H28N2. The molecule has 0 bridgehead atoms. The van der Waals surface area contributed by atoms with Gasteiger partial charge in [0.15, 0.2) is 0 Å². The van der Waals surface area contributed by atoms with Gasteiger partial charge in [0.1, 0.15) is 0 Å². The maximum atomic E-state index is 3.53. The molecule has 1 N–H and O–H groups in total. The van der Waals surface area contributed by atoms with E-state index in [1.54, 1.807) is 0 Å². The highest BCUT2D eigenvalue weighted by molar-refractivity contribution is 4.82. The Bertz CT molecular complexity index is 170. The van der Waals surface area contributed by atoms with Gasteiger partial charge in [0.2, 0.25) is 0 Å². The molecule has 2 heteroatoms. The smallest absolute Gasteiger partial charge is 0.0195 e. The molecule has 0 aliphatic carbocycles. The summed E-state index contributed by atoms with van der Waals surface area (Å²) >= 11 is 0. The Morgan fingerprint density at radius 3 is 2.80 bits per heavy atom. The first-order valence-electron chi connectivity index (χ1n) is 6.63. The van der Waals surface area contributed by atoms with Crippen molar-refractivity contribution in [1.29, 1.82) is 0 Å². The lowest BCUT2D eigenvalue weighted by Crippen LogP contribution is -2.50. The second-order valence-corrected chi connectivity index (χ2v) is 5.15. The molecule has 3 atom stereocenters. The lowest BCUT2D eigenvalue weighted by atomic mass is 9.91. The van der Waals surface area contributed by atoms with E-state index in [1.807, 2.05) is 0 Å². The maximum absolute atomic E-state index is 3.53.